The first-order valence-electron chi connectivity index (χ1n) is 13.8. The maximum absolute atomic E-state index is 14.0. The van der Waals surface area contributed by atoms with Crippen LogP contribution >= 0.6 is 0 Å². The van der Waals surface area contributed by atoms with E-state index >= 15 is 0 Å². The number of halogens is 1. The van der Waals surface area contributed by atoms with Gasteiger partial charge in [0.15, 0.2) is 11.5 Å². The van der Waals surface area contributed by atoms with Gasteiger partial charge in [-0.2, -0.15) is 0 Å². The van der Waals surface area contributed by atoms with Crippen LogP contribution in [0.5, 0.6) is 11.5 Å². The molecule has 39 heavy (non-hydrogen) atoms. The standard InChI is InChI=1S/C32H32FN3O3/c33-27-7-3-4-22(14-27)18-36-29-17-31-30(38-21-39-31)16-25(29)15-26(32(36)37)19-34-11-9-28(10-12-34)35-13-8-23-5-1-2-6-24(23)20-35/h1-7,14-17,28H,8-13,18-21H2. The van der Waals surface area contributed by atoms with Crippen molar-refractivity contribution in [3.05, 3.63) is 105 Å². The fourth-order valence-electron chi connectivity index (χ4n) is 6.43. The molecule has 0 bridgehead atoms. The van der Waals surface area contributed by atoms with Gasteiger partial charge in [-0.05, 0) is 73.3 Å². The Bertz CT molecular complexity index is 1590. The minimum atomic E-state index is -0.307. The van der Waals surface area contributed by atoms with Gasteiger partial charge in [0.25, 0.3) is 5.56 Å². The van der Waals surface area contributed by atoms with Crippen LogP contribution in [0.15, 0.2) is 71.5 Å². The molecule has 7 rings (SSSR count). The summed E-state index contributed by atoms with van der Waals surface area (Å²) in [6.45, 7) is 5.14. The molecule has 0 unspecified atom stereocenters. The normalized spacial score (nSPS) is 18.0. The first-order valence-corrected chi connectivity index (χ1v) is 13.8. The Hall–Kier alpha value is -3.68. The van der Waals surface area contributed by atoms with Crippen molar-refractivity contribution in [2.24, 2.45) is 0 Å². The Morgan fingerprint density at radius 3 is 2.46 bits per heavy atom. The van der Waals surface area contributed by atoms with Gasteiger partial charge in [0.05, 0.1) is 12.1 Å². The maximum atomic E-state index is 14.0. The Labute approximate surface area is 227 Å². The molecule has 3 aliphatic rings. The van der Waals surface area contributed by atoms with Gasteiger partial charge in [-0.3, -0.25) is 14.6 Å². The number of nitrogens with zero attached hydrogens (tertiary/aromatic N) is 3. The second-order valence-corrected chi connectivity index (χ2v) is 11.0. The number of aromatic nitrogens is 1. The molecule has 3 aliphatic heterocycles. The average molecular weight is 526 g/mol. The summed E-state index contributed by atoms with van der Waals surface area (Å²) >= 11 is 0. The zero-order valence-corrected chi connectivity index (χ0v) is 21.9. The van der Waals surface area contributed by atoms with E-state index in [0.29, 0.717) is 30.6 Å². The number of piperidine rings is 1. The van der Waals surface area contributed by atoms with Crippen molar-refractivity contribution in [1.82, 2.24) is 14.4 Å². The Kier molecular flexibility index (Phi) is 6.33. The van der Waals surface area contributed by atoms with Crippen LogP contribution in [0.2, 0.25) is 0 Å². The number of hydrogen-bond donors (Lipinski definition) is 0. The van der Waals surface area contributed by atoms with Crippen molar-refractivity contribution < 1.29 is 13.9 Å². The molecule has 7 heteroatoms. The van der Waals surface area contributed by atoms with Crippen molar-refractivity contribution in [3.63, 3.8) is 0 Å². The van der Waals surface area contributed by atoms with Crippen LogP contribution in [-0.2, 0) is 26.1 Å². The second kappa shape index (κ2) is 10.1. The van der Waals surface area contributed by atoms with E-state index in [9.17, 15) is 9.18 Å². The highest BCUT2D eigenvalue weighted by molar-refractivity contribution is 5.84. The molecule has 0 aliphatic carbocycles. The van der Waals surface area contributed by atoms with E-state index < -0.39 is 0 Å². The van der Waals surface area contributed by atoms with Crippen LogP contribution in [0.4, 0.5) is 4.39 Å². The summed E-state index contributed by atoms with van der Waals surface area (Å²) in [4.78, 5) is 18.9. The van der Waals surface area contributed by atoms with Gasteiger partial charge in [-0.15, -0.1) is 0 Å². The minimum absolute atomic E-state index is 0.0413. The Morgan fingerprint density at radius 1 is 0.846 bits per heavy atom. The van der Waals surface area contributed by atoms with Gasteiger partial charge in [0.1, 0.15) is 5.82 Å². The smallest absolute Gasteiger partial charge is 0.255 e. The minimum Gasteiger partial charge on any atom is -0.454 e. The molecule has 0 spiro atoms. The summed E-state index contributed by atoms with van der Waals surface area (Å²) in [7, 11) is 0. The second-order valence-electron chi connectivity index (χ2n) is 11.0. The lowest BCUT2D eigenvalue weighted by Gasteiger charge is -2.40. The molecule has 0 amide bonds. The summed E-state index contributed by atoms with van der Waals surface area (Å²) in [5, 5.41) is 0.923. The van der Waals surface area contributed by atoms with Crippen molar-refractivity contribution in [2.45, 2.75) is 44.9 Å². The van der Waals surface area contributed by atoms with Crippen LogP contribution in [-0.4, -0.2) is 46.8 Å². The molecule has 3 aromatic carbocycles. The van der Waals surface area contributed by atoms with E-state index in [4.69, 9.17) is 9.47 Å². The predicted molar refractivity (Wildman–Crippen MR) is 149 cm³/mol. The quantitative estimate of drug-likeness (QED) is 0.370. The molecule has 0 saturated carbocycles. The molecule has 4 aromatic rings. The molecule has 0 atom stereocenters. The van der Waals surface area contributed by atoms with Crippen LogP contribution in [0.25, 0.3) is 10.9 Å². The lowest BCUT2D eigenvalue weighted by atomic mass is 9.95. The van der Waals surface area contributed by atoms with Crippen molar-refractivity contribution in [2.75, 3.05) is 26.4 Å². The summed E-state index contributed by atoms with van der Waals surface area (Å²) in [5.41, 5.74) is 5.17. The highest BCUT2D eigenvalue weighted by Crippen LogP contribution is 2.36. The largest absolute Gasteiger partial charge is 0.454 e. The first-order chi connectivity index (χ1) is 19.1. The van der Waals surface area contributed by atoms with Gasteiger partial charge in [0.2, 0.25) is 6.79 Å². The molecule has 6 nitrogen and oxygen atoms in total. The molecule has 1 saturated heterocycles. The topological polar surface area (TPSA) is 46.9 Å². The summed E-state index contributed by atoms with van der Waals surface area (Å²) in [6.07, 6.45) is 3.33. The monoisotopic (exact) mass is 525 g/mol. The van der Waals surface area contributed by atoms with Crippen LogP contribution in [0.1, 0.15) is 35.1 Å². The molecule has 1 fully saturated rings. The lowest BCUT2D eigenvalue weighted by molar-refractivity contribution is 0.0947. The number of rotatable bonds is 5. The van der Waals surface area contributed by atoms with E-state index in [1.165, 1.54) is 23.3 Å². The molecule has 1 aromatic heterocycles. The van der Waals surface area contributed by atoms with E-state index in [-0.39, 0.29) is 18.2 Å². The zero-order valence-electron chi connectivity index (χ0n) is 21.9. The number of fused-ring (bicyclic) bond motifs is 3. The molecule has 4 heterocycles. The summed E-state index contributed by atoms with van der Waals surface area (Å²) in [6, 6.07) is 21.6. The van der Waals surface area contributed by atoms with Gasteiger partial charge < -0.3 is 14.0 Å². The van der Waals surface area contributed by atoms with Gasteiger partial charge in [0, 0.05) is 42.7 Å². The predicted octanol–water partition coefficient (Wildman–Crippen LogP) is 4.94. The van der Waals surface area contributed by atoms with Crippen LogP contribution in [0, 0.1) is 5.82 Å². The van der Waals surface area contributed by atoms with E-state index in [0.717, 1.165) is 67.5 Å². The van der Waals surface area contributed by atoms with E-state index in [1.807, 2.05) is 24.3 Å². The highest BCUT2D eigenvalue weighted by Gasteiger charge is 2.28. The lowest BCUT2D eigenvalue weighted by Crippen LogP contribution is -2.46. The molecular formula is C32H32FN3O3. The Balaban J connectivity index is 1.12. The van der Waals surface area contributed by atoms with E-state index in [1.54, 1.807) is 10.6 Å². The summed E-state index contributed by atoms with van der Waals surface area (Å²) in [5.74, 6) is 1.01. The number of benzene rings is 3. The van der Waals surface area contributed by atoms with Crippen LogP contribution < -0.4 is 15.0 Å². The number of pyridine rings is 1. The van der Waals surface area contributed by atoms with Crippen molar-refractivity contribution in [3.8, 4) is 11.5 Å². The SMILES string of the molecule is O=c1c(CN2CCC(N3CCc4ccccc4C3)CC2)cc2cc3c(cc2n1Cc1cccc(F)c1)OCO3. The molecule has 200 valence electrons. The molecule has 0 N–H and O–H groups in total. The van der Waals surface area contributed by atoms with Gasteiger partial charge in [-0.1, -0.05) is 36.4 Å². The zero-order chi connectivity index (χ0) is 26.3. The molecule has 0 radical (unpaired) electrons. The number of hydrogen-bond acceptors (Lipinski definition) is 5. The van der Waals surface area contributed by atoms with Gasteiger partial charge >= 0.3 is 0 Å². The fraction of sp³-hybridized carbons (Fsp3) is 0.344. The number of likely N-dealkylation sites (tertiary alicyclic amines) is 1. The average Bonchev–Trinajstić information content (AvgIpc) is 3.42. The van der Waals surface area contributed by atoms with Crippen molar-refractivity contribution in [1.29, 1.82) is 0 Å². The Morgan fingerprint density at radius 2 is 1.64 bits per heavy atom. The number of ether oxygens (including phenoxy) is 2. The van der Waals surface area contributed by atoms with Crippen LogP contribution in [0.3, 0.4) is 0 Å². The molecular weight excluding hydrogens is 493 g/mol. The highest BCUT2D eigenvalue weighted by atomic mass is 19.1. The summed E-state index contributed by atoms with van der Waals surface area (Å²) < 4.78 is 26.9. The van der Waals surface area contributed by atoms with E-state index in [2.05, 4.69) is 34.1 Å². The fourth-order valence-corrected chi connectivity index (χ4v) is 6.43. The maximum Gasteiger partial charge on any atom is 0.255 e. The van der Waals surface area contributed by atoms with Gasteiger partial charge in [-0.25, -0.2) is 4.39 Å². The van der Waals surface area contributed by atoms with Crippen molar-refractivity contribution >= 4 is 10.9 Å². The third kappa shape index (κ3) is 4.81. The third-order valence-corrected chi connectivity index (χ3v) is 8.52. The first kappa shape index (κ1) is 24.4. The third-order valence-electron chi connectivity index (χ3n) is 8.52.